The molecule has 2 heterocycles. The van der Waals surface area contributed by atoms with Crippen LogP contribution in [0.15, 0.2) is 58.2 Å². The van der Waals surface area contributed by atoms with Gasteiger partial charge in [-0.15, -0.1) is 10.2 Å². The third-order valence-electron chi connectivity index (χ3n) is 4.61. The summed E-state index contributed by atoms with van der Waals surface area (Å²) in [5.41, 5.74) is 0.0288. The molecule has 0 aliphatic carbocycles. The van der Waals surface area contributed by atoms with E-state index in [9.17, 15) is 13.2 Å². The minimum Gasteiger partial charge on any atom is -0.338 e. The molecular formula is C21H17ClF3N5OS. The van der Waals surface area contributed by atoms with Crippen molar-refractivity contribution in [3.8, 4) is 17.1 Å². The van der Waals surface area contributed by atoms with Gasteiger partial charge in [0.1, 0.15) is 0 Å². The van der Waals surface area contributed by atoms with Gasteiger partial charge in [-0.05, 0) is 37.3 Å². The number of thioether (sulfide) groups is 1. The van der Waals surface area contributed by atoms with Crippen LogP contribution in [0, 0.1) is 0 Å². The van der Waals surface area contributed by atoms with E-state index in [2.05, 4.69) is 20.3 Å². The number of benzene rings is 2. The maximum Gasteiger partial charge on any atom is 0.416 e. The molecular weight excluding hydrogens is 463 g/mol. The molecule has 11 heteroatoms. The van der Waals surface area contributed by atoms with Crippen LogP contribution in [0.25, 0.3) is 17.1 Å². The smallest absolute Gasteiger partial charge is 0.338 e. The molecule has 0 bridgehead atoms. The van der Waals surface area contributed by atoms with Gasteiger partial charge < -0.3 is 4.52 Å². The Kier molecular flexibility index (Phi) is 6.25. The summed E-state index contributed by atoms with van der Waals surface area (Å²) in [6.07, 6.45) is -3.87. The van der Waals surface area contributed by atoms with Crippen LogP contribution in [0.4, 0.5) is 13.2 Å². The number of nitrogens with zero attached hydrogens (tertiary/aromatic N) is 5. The van der Waals surface area contributed by atoms with Gasteiger partial charge in [0.2, 0.25) is 5.89 Å². The fourth-order valence-electron chi connectivity index (χ4n) is 3.00. The molecule has 4 rings (SSSR count). The van der Waals surface area contributed by atoms with Gasteiger partial charge in [0, 0.05) is 12.0 Å². The van der Waals surface area contributed by atoms with Gasteiger partial charge in [0.05, 0.1) is 21.5 Å². The molecule has 32 heavy (non-hydrogen) atoms. The van der Waals surface area contributed by atoms with Crippen LogP contribution in [0.1, 0.15) is 36.4 Å². The highest BCUT2D eigenvalue weighted by atomic mass is 35.5. The van der Waals surface area contributed by atoms with Gasteiger partial charge >= 0.3 is 6.18 Å². The molecule has 4 aromatic rings. The number of alkyl halides is 3. The van der Waals surface area contributed by atoms with E-state index in [0.717, 1.165) is 12.1 Å². The van der Waals surface area contributed by atoms with Crippen molar-refractivity contribution in [1.82, 2.24) is 24.9 Å². The first-order chi connectivity index (χ1) is 15.3. The summed E-state index contributed by atoms with van der Waals surface area (Å²) < 4.78 is 47.0. The molecule has 0 aliphatic heterocycles. The largest absolute Gasteiger partial charge is 0.416 e. The molecule has 2 aromatic carbocycles. The molecule has 166 valence electrons. The van der Waals surface area contributed by atoms with E-state index >= 15 is 0 Å². The maximum atomic E-state index is 13.4. The number of aromatic nitrogens is 5. The normalized spacial score (nSPS) is 12.8. The molecule has 0 aliphatic rings. The Morgan fingerprint density at radius 2 is 1.91 bits per heavy atom. The van der Waals surface area contributed by atoms with Gasteiger partial charge in [-0.2, -0.15) is 18.2 Å². The van der Waals surface area contributed by atoms with Crippen LogP contribution < -0.4 is 0 Å². The summed E-state index contributed by atoms with van der Waals surface area (Å²) >= 11 is 7.60. The van der Waals surface area contributed by atoms with Gasteiger partial charge in [-0.25, -0.2) is 0 Å². The van der Waals surface area contributed by atoms with Crippen molar-refractivity contribution >= 4 is 23.4 Å². The van der Waals surface area contributed by atoms with E-state index in [0.29, 0.717) is 39.7 Å². The van der Waals surface area contributed by atoms with Crippen LogP contribution in [-0.4, -0.2) is 24.9 Å². The molecule has 0 fully saturated rings. The Morgan fingerprint density at radius 3 is 2.59 bits per heavy atom. The number of rotatable bonds is 6. The minimum atomic E-state index is -4.49. The highest BCUT2D eigenvalue weighted by molar-refractivity contribution is 7.99. The van der Waals surface area contributed by atoms with Crippen molar-refractivity contribution in [1.29, 1.82) is 0 Å². The monoisotopic (exact) mass is 479 g/mol. The van der Waals surface area contributed by atoms with Crippen molar-refractivity contribution in [2.45, 2.75) is 36.9 Å². The first kappa shape index (κ1) is 22.3. The number of aryl methyl sites for hydroxylation is 1. The lowest BCUT2D eigenvalue weighted by Gasteiger charge is -2.14. The Labute approximate surface area is 190 Å². The molecule has 0 unspecified atom stereocenters. The predicted octanol–water partition coefficient (Wildman–Crippen LogP) is 6.41. The molecule has 0 radical (unpaired) electrons. The second-order valence-corrected chi connectivity index (χ2v) is 8.55. The van der Waals surface area contributed by atoms with Crippen LogP contribution in [0.3, 0.4) is 0 Å². The summed E-state index contributed by atoms with van der Waals surface area (Å²) in [5, 5.41) is 12.8. The number of hydrogen-bond donors (Lipinski definition) is 0. The molecule has 0 spiro atoms. The summed E-state index contributed by atoms with van der Waals surface area (Å²) in [7, 11) is 0. The van der Waals surface area contributed by atoms with E-state index < -0.39 is 11.7 Å². The standard InChI is InChI=1S/C21H17ClF3N5OS/c1-3-17-26-19(31-29-17)12(2)32-20-28-27-18(15-9-4-5-10-16(15)22)30(20)14-8-6-7-13(11-14)21(23,24)25/h4-12H,3H2,1-2H3/t12-/m0/s1. The molecule has 0 amide bonds. The van der Waals surface area contributed by atoms with Crippen molar-refractivity contribution < 1.29 is 17.7 Å². The summed E-state index contributed by atoms with van der Waals surface area (Å²) in [5.74, 6) is 1.29. The molecule has 1 atom stereocenters. The molecule has 0 N–H and O–H groups in total. The molecule has 0 saturated heterocycles. The van der Waals surface area contributed by atoms with Crippen LogP contribution >= 0.6 is 23.4 Å². The Bertz CT molecular complexity index is 1240. The fraction of sp³-hybridized carbons (Fsp3) is 0.238. The molecule has 6 nitrogen and oxygen atoms in total. The average Bonchev–Trinajstić information content (AvgIpc) is 3.41. The third-order valence-corrected chi connectivity index (χ3v) is 5.97. The van der Waals surface area contributed by atoms with Crippen molar-refractivity contribution in [3.05, 3.63) is 70.8 Å². The fourth-order valence-corrected chi connectivity index (χ4v) is 4.12. The second kappa shape index (κ2) is 8.95. The quantitative estimate of drug-likeness (QED) is 0.298. The summed E-state index contributed by atoms with van der Waals surface area (Å²) in [4.78, 5) is 4.33. The zero-order valence-electron chi connectivity index (χ0n) is 17.0. The van der Waals surface area contributed by atoms with Gasteiger partial charge in [-0.3, -0.25) is 4.57 Å². The van der Waals surface area contributed by atoms with Crippen molar-refractivity contribution in [3.63, 3.8) is 0 Å². The van der Waals surface area contributed by atoms with E-state index in [4.69, 9.17) is 16.1 Å². The maximum absolute atomic E-state index is 13.4. The Balaban J connectivity index is 1.82. The third kappa shape index (κ3) is 4.51. The number of halogens is 4. The summed E-state index contributed by atoms with van der Waals surface area (Å²) in [6, 6.07) is 11.9. The van der Waals surface area contributed by atoms with Crippen molar-refractivity contribution in [2.75, 3.05) is 0 Å². The average molecular weight is 480 g/mol. The lowest BCUT2D eigenvalue weighted by atomic mass is 10.1. The molecule has 0 saturated carbocycles. The first-order valence-corrected chi connectivity index (χ1v) is 10.9. The van der Waals surface area contributed by atoms with Gasteiger partial charge in [0.15, 0.2) is 16.8 Å². The van der Waals surface area contributed by atoms with Crippen LogP contribution in [-0.2, 0) is 12.6 Å². The van der Waals surface area contributed by atoms with Gasteiger partial charge in [0.25, 0.3) is 0 Å². The Hall–Kier alpha value is -2.85. The van der Waals surface area contributed by atoms with Gasteiger partial charge in [-0.1, -0.05) is 53.6 Å². The Morgan fingerprint density at radius 1 is 1.12 bits per heavy atom. The topological polar surface area (TPSA) is 69.6 Å². The minimum absolute atomic E-state index is 0.259. The lowest BCUT2D eigenvalue weighted by molar-refractivity contribution is -0.137. The van der Waals surface area contributed by atoms with Crippen molar-refractivity contribution in [2.24, 2.45) is 0 Å². The van der Waals surface area contributed by atoms with E-state index in [1.54, 1.807) is 34.9 Å². The highest BCUT2D eigenvalue weighted by Gasteiger charge is 2.31. The second-order valence-electron chi connectivity index (χ2n) is 6.83. The molecule has 2 aromatic heterocycles. The zero-order valence-corrected chi connectivity index (χ0v) is 18.5. The predicted molar refractivity (Wildman–Crippen MR) is 115 cm³/mol. The highest BCUT2D eigenvalue weighted by Crippen LogP contribution is 2.38. The van der Waals surface area contributed by atoms with Crippen LogP contribution in [0.2, 0.25) is 5.02 Å². The zero-order chi connectivity index (χ0) is 22.9. The summed E-state index contributed by atoms with van der Waals surface area (Å²) in [6.45, 7) is 3.75. The van der Waals surface area contributed by atoms with E-state index in [-0.39, 0.29) is 10.9 Å². The first-order valence-electron chi connectivity index (χ1n) is 9.65. The number of hydrogen-bond acceptors (Lipinski definition) is 6. The van der Waals surface area contributed by atoms with Crippen LogP contribution in [0.5, 0.6) is 0 Å². The SMILES string of the molecule is CCc1noc([C@H](C)Sc2nnc(-c3ccccc3Cl)n2-c2cccc(C(F)(F)F)c2)n1. The lowest BCUT2D eigenvalue weighted by Crippen LogP contribution is -2.07. The van der Waals surface area contributed by atoms with E-state index in [1.807, 2.05) is 13.8 Å². The van der Waals surface area contributed by atoms with E-state index in [1.165, 1.54) is 17.8 Å².